The molecule has 1 atom stereocenters. The maximum absolute atomic E-state index is 3.84. The third-order valence-corrected chi connectivity index (χ3v) is 3.50. The molecule has 104 valence electrons. The van der Waals surface area contributed by atoms with Crippen LogP contribution in [0.2, 0.25) is 0 Å². The zero-order chi connectivity index (χ0) is 14.3. The van der Waals surface area contributed by atoms with Crippen molar-refractivity contribution in [3.63, 3.8) is 0 Å². The maximum Gasteiger partial charge on any atom is 0.0431 e. The Balaban J connectivity index is 3.16. The fraction of sp³-hybridized carbons (Fsp3) is 0.375. The van der Waals surface area contributed by atoms with Crippen molar-refractivity contribution in [2.24, 2.45) is 0 Å². The summed E-state index contributed by atoms with van der Waals surface area (Å²) in [5.74, 6) is 0. The lowest BCUT2D eigenvalue weighted by Crippen LogP contribution is -2.27. The molecule has 1 aromatic rings. The smallest absolute Gasteiger partial charge is 0.0431 e. The summed E-state index contributed by atoms with van der Waals surface area (Å²) >= 11 is 3.56. The number of halogens is 1. The minimum Gasteiger partial charge on any atom is -0.364 e. The lowest BCUT2D eigenvalue weighted by molar-refractivity contribution is 0.597. The highest BCUT2D eigenvalue weighted by Crippen LogP contribution is 2.29. The standard InChI is InChI=1S/C16H23BrN2/c1-5-10-19(11-6-2)16-12-14(17)8-9-15(16)13(4)18-7-3/h5-6,8-9,12-13,18H,1-2,7,10-11H2,3-4H3. The Morgan fingerprint density at radius 1 is 1.32 bits per heavy atom. The third-order valence-electron chi connectivity index (χ3n) is 3.01. The normalized spacial score (nSPS) is 11.9. The highest BCUT2D eigenvalue weighted by molar-refractivity contribution is 9.10. The molecule has 0 bridgehead atoms. The SMILES string of the molecule is C=CCN(CC=C)c1cc(Br)ccc1C(C)NCC. The molecular weight excluding hydrogens is 300 g/mol. The minimum absolute atomic E-state index is 0.324. The highest BCUT2D eigenvalue weighted by Gasteiger charge is 2.14. The summed E-state index contributed by atoms with van der Waals surface area (Å²) < 4.78 is 1.09. The van der Waals surface area contributed by atoms with Gasteiger partial charge in [-0.05, 0) is 31.2 Å². The van der Waals surface area contributed by atoms with Gasteiger partial charge in [-0.25, -0.2) is 0 Å². The lowest BCUT2D eigenvalue weighted by Gasteiger charge is -2.27. The molecule has 0 spiro atoms. The average Bonchev–Trinajstić information content (AvgIpc) is 2.38. The first kappa shape index (κ1) is 16.0. The van der Waals surface area contributed by atoms with Crippen molar-refractivity contribution >= 4 is 21.6 Å². The summed E-state index contributed by atoms with van der Waals surface area (Å²) in [6.45, 7) is 14.6. The van der Waals surface area contributed by atoms with Crippen molar-refractivity contribution in [2.45, 2.75) is 19.9 Å². The van der Waals surface area contributed by atoms with E-state index in [4.69, 9.17) is 0 Å². The summed E-state index contributed by atoms with van der Waals surface area (Å²) in [4.78, 5) is 2.27. The van der Waals surface area contributed by atoms with E-state index in [2.05, 4.69) is 71.4 Å². The fourth-order valence-corrected chi connectivity index (χ4v) is 2.50. The average molecular weight is 323 g/mol. The largest absolute Gasteiger partial charge is 0.364 e. The van der Waals surface area contributed by atoms with Crippen LogP contribution >= 0.6 is 15.9 Å². The molecule has 0 amide bonds. The van der Waals surface area contributed by atoms with Crippen molar-refractivity contribution in [3.8, 4) is 0 Å². The number of hydrogen-bond donors (Lipinski definition) is 1. The van der Waals surface area contributed by atoms with Gasteiger partial charge in [0.05, 0.1) is 0 Å². The minimum atomic E-state index is 0.324. The van der Waals surface area contributed by atoms with Gasteiger partial charge in [-0.2, -0.15) is 0 Å². The van der Waals surface area contributed by atoms with Gasteiger partial charge in [0.25, 0.3) is 0 Å². The molecule has 0 aromatic heterocycles. The molecule has 1 N–H and O–H groups in total. The first-order chi connectivity index (χ1) is 9.13. The monoisotopic (exact) mass is 322 g/mol. The molecule has 1 aromatic carbocycles. The van der Waals surface area contributed by atoms with Crippen LogP contribution in [0.4, 0.5) is 5.69 Å². The van der Waals surface area contributed by atoms with Crippen LogP contribution in [0.1, 0.15) is 25.5 Å². The van der Waals surface area contributed by atoms with Crippen LogP contribution in [0.25, 0.3) is 0 Å². The second kappa shape index (κ2) is 8.18. The maximum atomic E-state index is 3.84. The van der Waals surface area contributed by atoms with Gasteiger partial charge in [0.2, 0.25) is 0 Å². The van der Waals surface area contributed by atoms with Crippen LogP contribution in [0.5, 0.6) is 0 Å². The zero-order valence-electron chi connectivity index (χ0n) is 11.8. The molecule has 1 unspecified atom stereocenters. The van der Waals surface area contributed by atoms with Crippen LogP contribution in [0.15, 0.2) is 48.0 Å². The number of hydrogen-bond acceptors (Lipinski definition) is 2. The summed E-state index contributed by atoms with van der Waals surface area (Å²) in [5.41, 5.74) is 2.52. The first-order valence-corrected chi connectivity index (χ1v) is 7.42. The van der Waals surface area contributed by atoms with E-state index in [0.717, 1.165) is 24.1 Å². The second-order valence-electron chi connectivity index (χ2n) is 4.46. The van der Waals surface area contributed by atoms with E-state index in [1.807, 2.05) is 12.2 Å². The van der Waals surface area contributed by atoms with E-state index in [1.165, 1.54) is 11.3 Å². The van der Waals surface area contributed by atoms with Gasteiger partial charge in [-0.1, -0.05) is 41.1 Å². The van der Waals surface area contributed by atoms with E-state index in [-0.39, 0.29) is 0 Å². The molecule has 0 aliphatic rings. The highest BCUT2D eigenvalue weighted by atomic mass is 79.9. The molecule has 19 heavy (non-hydrogen) atoms. The van der Waals surface area contributed by atoms with Crippen molar-refractivity contribution in [1.29, 1.82) is 0 Å². The van der Waals surface area contributed by atoms with Crippen LogP contribution < -0.4 is 10.2 Å². The fourth-order valence-electron chi connectivity index (χ4n) is 2.16. The van der Waals surface area contributed by atoms with Crippen LogP contribution in [-0.4, -0.2) is 19.6 Å². The van der Waals surface area contributed by atoms with E-state index >= 15 is 0 Å². The van der Waals surface area contributed by atoms with E-state index < -0.39 is 0 Å². The molecule has 0 radical (unpaired) electrons. The molecule has 3 heteroatoms. The van der Waals surface area contributed by atoms with Crippen molar-refractivity contribution in [1.82, 2.24) is 5.32 Å². The lowest BCUT2D eigenvalue weighted by atomic mass is 10.0. The zero-order valence-corrected chi connectivity index (χ0v) is 13.4. The number of nitrogens with one attached hydrogen (secondary N) is 1. The summed E-state index contributed by atoms with van der Waals surface area (Å²) in [6, 6.07) is 6.75. The molecular formula is C16H23BrN2. The van der Waals surface area contributed by atoms with Crippen LogP contribution in [0, 0.1) is 0 Å². The second-order valence-corrected chi connectivity index (χ2v) is 5.38. The molecule has 0 aliphatic carbocycles. The molecule has 0 aliphatic heterocycles. The van der Waals surface area contributed by atoms with E-state index in [9.17, 15) is 0 Å². The number of anilines is 1. The third kappa shape index (κ3) is 4.51. The van der Waals surface area contributed by atoms with Gasteiger partial charge >= 0.3 is 0 Å². The quantitative estimate of drug-likeness (QED) is 0.718. The Morgan fingerprint density at radius 3 is 2.47 bits per heavy atom. The number of benzene rings is 1. The Morgan fingerprint density at radius 2 is 1.95 bits per heavy atom. The molecule has 0 fully saturated rings. The Labute approximate surface area is 125 Å². The van der Waals surface area contributed by atoms with Crippen molar-refractivity contribution < 1.29 is 0 Å². The van der Waals surface area contributed by atoms with Gasteiger partial charge in [0.1, 0.15) is 0 Å². The molecule has 0 saturated heterocycles. The van der Waals surface area contributed by atoms with Gasteiger partial charge in [-0.3, -0.25) is 0 Å². The molecule has 0 heterocycles. The summed E-state index contributed by atoms with van der Waals surface area (Å²) in [6.07, 6.45) is 3.85. The number of rotatable bonds is 8. The van der Waals surface area contributed by atoms with Gasteiger partial charge < -0.3 is 10.2 Å². The van der Waals surface area contributed by atoms with Gasteiger partial charge in [0.15, 0.2) is 0 Å². The van der Waals surface area contributed by atoms with E-state index in [1.54, 1.807) is 0 Å². The predicted octanol–water partition coefficient (Wildman–Crippen LogP) is 4.30. The Bertz CT molecular complexity index is 419. The van der Waals surface area contributed by atoms with E-state index in [0.29, 0.717) is 6.04 Å². The first-order valence-electron chi connectivity index (χ1n) is 6.63. The molecule has 2 nitrogen and oxygen atoms in total. The van der Waals surface area contributed by atoms with Gasteiger partial charge in [0, 0.05) is 29.3 Å². The van der Waals surface area contributed by atoms with Gasteiger partial charge in [-0.15, -0.1) is 13.2 Å². The Hall–Kier alpha value is -1.06. The Kier molecular flexibility index (Phi) is 6.89. The molecule has 1 rings (SSSR count). The van der Waals surface area contributed by atoms with Crippen molar-refractivity contribution in [3.05, 3.63) is 53.5 Å². The number of nitrogens with zero attached hydrogens (tertiary/aromatic N) is 1. The van der Waals surface area contributed by atoms with Crippen LogP contribution in [0.3, 0.4) is 0 Å². The summed E-state index contributed by atoms with van der Waals surface area (Å²) in [5, 5.41) is 3.47. The predicted molar refractivity (Wildman–Crippen MR) is 88.8 cm³/mol. The summed E-state index contributed by atoms with van der Waals surface area (Å²) in [7, 11) is 0. The van der Waals surface area contributed by atoms with Crippen LogP contribution in [-0.2, 0) is 0 Å². The molecule has 0 saturated carbocycles. The van der Waals surface area contributed by atoms with Crippen molar-refractivity contribution in [2.75, 3.05) is 24.5 Å². The topological polar surface area (TPSA) is 15.3 Å².